The van der Waals surface area contributed by atoms with Gasteiger partial charge < -0.3 is 0 Å². The molecule has 16 heavy (non-hydrogen) atoms. The molecule has 0 spiro atoms. The van der Waals surface area contributed by atoms with Crippen LogP contribution in [0.1, 0.15) is 16.5 Å². The third-order valence-corrected chi connectivity index (χ3v) is 4.26. The molecule has 0 saturated carbocycles. The molecule has 1 aromatic carbocycles. The normalized spacial score (nSPS) is 12.7. The fourth-order valence-corrected chi connectivity index (χ4v) is 2.99. The third kappa shape index (κ3) is 2.75. The highest BCUT2D eigenvalue weighted by molar-refractivity contribution is 14.1. The summed E-state index contributed by atoms with van der Waals surface area (Å²) in [4.78, 5) is 1.12. The Labute approximate surface area is 117 Å². The molecule has 0 aliphatic heterocycles. The lowest BCUT2D eigenvalue weighted by Gasteiger charge is -2.14. The first-order valence-electron chi connectivity index (χ1n) is 4.67. The average Bonchev–Trinajstić information content (AvgIpc) is 2.69. The molecule has 0 aliphatic carbocycles. The lowest BCUT2D eigenvalue weighted by molar-refractivity contribution is 0.646. The Balaban J connectivity index is 2.32. The number of hydrazine groups is 1. The first-order chi connectivity index (χ1) is 7.70. The van der Waals surface area contributed by atoms with E-state index < -0.39 is 0 Å². The van der Waals surface area contributed by atoms with E-state index in [1.165, 1.54) is 3.57 Å². The van der Waals surface area contributed by atoms with E-state index >= 15 is 0 Å². The van der Waals surface area contributed by atoms with Crippen molar-refractivity contribution in [2.24, 2.45) is 5.84 Å². The Morgan fingerprint density at radius 1 is 1.19 bits per heavy atom. The maximum absolute atomic E-state index is 5.92. The van der Waals surface area contributed by atoms with Crippen LogP contribution < -0.4 is 11.3 Å². The minimum Gasteiger partial charge on any atom is -0.271 e. The van der Waals surface area contributed by atoms with E-state index in [9.17, 15) is 0 Å². The largest absolute Gasteiger partial charge is 0.271 e. The molecule has 0 radical (unpaired) electrons. The highest BCUT2D eigenvalue weighted by Crippen LogP contribution is 2.30. The lowest BCUT2D eigenvalue weighted by Crippen LogP contribution is -2.28. The van der Waals surface area contributed by atoms with Crippen molar-refractivity contribution in [3.8, 4) is 0 Å². The van der Waals surface area contributed by atoms with Gasteiger partial charge in [-0.3, -0.25) is 5.84 Å². The molecule has 0 saturated heterocycles. The summed E-state index contributed by atoms with van der Waals surface area (Å²) >= 11 is 9.74. The third-order valence-electron chi connectivity index (χ3n) is 2.25. The summed E-state index contributed by atoms with van der Waals surface area (Å²) in [6, 6.07) is 12.2. The second-order valence-electron chi connectivity index (χ2n) is 3.29. The van der Waals surface area contributed by atoms with Crippen LogP contribution in [-0.2, 0) is 0 Å². The molecule has 1 aromatic heterocycles. The summed E-state index contributed by atoms with van der Waals surface area (Å²) in [7, 11) is 0. The maximum atomic E-state index is 5.92. The number of thiophene rings is 1. The zero-order valence-electron chi connectivity index (χ0n) is 8.28. The molecule has 84 valence electrons. The number of benzene rings is 1. The molecular weight excluding hydrogens is 355 g/mol. The Morgan fingerprint density at radius 3 is 2.38 bits per heavy atom. The van der Waals surface area contributed by atoms with E-state index in [1.807, 2.05) is 12.1 Å². The molecule has 0 bridgehead atoms. The summed E-state index contributed by atoms with van der Waals surface area (Å²) in [6.07, 6.45) is 0. The monoisotopic (exact) mass is 364 g/mol. The number of nitrogens with one attached hydrogen (secondary N) is 1. The molecule has 2 rings (SSSR count). The van der Waals surface area contributed by atoms with Crippen LogP contribution in [0.3, 0.4) is 0 Å². The standard InChI is InChI=1S/C11H10ClIN2S/c12-10-6-5-9(16-10)11(15-14)7-1-3-8(13)4-2-7/h1-6,11,15H,14H2. The van der Waals surface area contributed by atoms with E-state index in [1.54, 1.807) is 11.3 Å². The van der Waals surface area contributed by atoms with Gasteiger partial charge in [0.1, 0.15) is 0 Å². The topological polar surface area (TPSA) is 38.0 Å². The fraction of sp³-hybridized carbons (Fsp3) is 0.0909. The summed E-state index contributed by atoms with van der Waals surface area (Å²) < 4.78 is 1.99. The smallest absolute Gasteiger partial charge is 0.0931 e. The Morgan fingerprint density at radius 2 is 1.88 bits per heavy atom. The first-order valence-corrected chi connectivity index (χ1v) is 6.95. The van der Waals surface area contributed by atoms with Crippen LogP contribution in [-0.4, -0.2) is 0 Å². The van der Waals surface area contributed by atoms with E-state index in [0.29, 0.717) is 0 Å². The van der Waals surface area contributed by atoms with Gasteiger partial charge in [0, 0.05) is 8.45 Å². The second kappa shape index (κ2) is 5.46. The number of hydrogen-bond acceptors (Lipinski definition) is 3. The molecule has 1 heterocycles. The van der Waals surface area contributed by atoms with Gasteiger partial charge in [-0.2, -0.15) is 0 Å². The van der Waals surface area contributed by atoms with Crippen LogP contribution in [0.15, 0.2) is 36.4 Å². The number of halogens is 2. The van der Waals surface area contributed by atoms with Gasteiger partial charge in [-0.05, 0) is 52.4 Å². The molecule has 2 aromatic rings. The number of hydrogen-bond donors (Lipinski definition) is 2. The van der Waals surface area contributed by atoms with E-state index in [2.05, 4.69) is 52.3 Å². The zero-order chi connectivity index (χ0) is 11.5. The van der Waals surface area contributed by atoms with Crippen LogP contribution in [0.4, 0.5) is 0 Å². The van der Waals surface area contributed by atoms with Gasteiger partial charge in [0.25, 0.3) is 0 Å². The van der Waals surface area contributed by atoms with Gasteiger partial charge in [0.2, 0.25) is 0 Å². The summed E-state index contributed by atoms with van der Waals surface area (Å²) in [5.41, 5.74) is 3.96. The van der Waals surface area contributed by atoms with Crippen molar-refractivity contribution >= 4 is 45.5 Å². The van der Waals surface area contributed by atoms with E-state index in [-0.39, 0.29) is 6.04 Å². The van der Waals surface area contributed by atoms with Crippen molar-refractivity contribution in [2.75, 3.05) is 0 Å². The predicted octanol–water partition coefficient (Wildman–Crippen LogP) is 3.56. The van der Waals surface area contributed by atoms with Crippen LogP contribution in [0, 0.1) is 3.57 Å². The molecular formula is C11H10ClIN2S. The highest BCUT2D eigenvalue weighted by Gasteiger charge is 2.14. The van der Waals surface area contributed by atoms with Crippen molar-refractivity contribution in [1.82, 2.24) is 5.43 Å². The summed E-state index contributed by atoms with van der Waals surface area (Å²) in [5.74, 6) is 5.60. The van der Waals surface area contributed by atoms with Gasteiger partial charge in [-0.15, -0.1) is 11.3 Å². The van der Waals surface area contributed by atoms with Gasteiger partial charge in [-0.25, -0.2) is 5.43 Å². The van der Waals surface area contributed by atoms with Crippen LogP contribution in [0.2, 0.25) is 4.34 Å². The summed E-state index contributed by atoms with van der Waals surface area (Å²) in [5, 5.41) is 0. The fourth-order valence-electron chi connectivity index (χ4n) is 1.48. The lowest BCUT2D eigenvalue weighted by atomic mass is 10.1. The molecule has 0 fully saturated rings. The molecule has 1 atom stereocenters. The van der Waals surface area contributed by atoms with Crippen molar-refractivity contribution in [2.45, 2.75) is 6.04 Å². The first kappa shape index (κ1) is 12.3. The van der Waals surface area contributed by atoms with Crippen LogP contribution >= 0.6 is 45.5 Å². The SMILES string of the molecule is NNC(c1ccc(I)cc1)c1ccc(Cl)s1. The Kier molecular flexibility index (Phi) is 4.21. The van der Waals surface area contributed by atoms with Gasteiger partial charge in [0.05, 0.1) is 10.4 Å². The minimum absolute atomic E-state index is 0.00880. The zero-order valence-corrected chi connectivity index (χ0v) is 12.0. The Hall–Kier alpha value is -0.140. The minimum atomic E-state index is 0.00880. The summed E-state index contributed by atoms with van der Waals surface area (Å²) in [6.45, 7) is 0. The average molecular weight is 365 g/mol. The van der Waals surface area contributed by atoms with Crippen molar-refractivity contribution in [3.05, 3.63) is 54.7 Å². The number of rotatable bonds is 3. The Bertz CT molecular complexity index is 469. The maximum Gasteiger partial charge on any atom is 0.0931 e. The number of nitrogens with two attached hydrogens (primary N) is 1. The van der Waals surface area contributed by atoms with Crippen molar-refractivity contribution in [3.63, 3.8) is 0 Å². The second-order valence-corrected chi connectivity index (χ2v) is 6.29. The van der Waals surface area contributed by atoms with Crippen LogP contribution in [0.25, 0.3) is 0 Å². The molecule has 2 nitrogen and oxygen atoms in total. The van der Waals surface area contributed by atoms with Crippen molar-refractivity contribution < 1.29 is 0 Å². The van der Waals surface area contributed by atoms with Gasteiger partial charge in [-0.1, -0.05) is 23.7 Å². The predicted molar refractivity (Wildman–Crippen MR) is 77.7 cm³/mol. The molecule has 5 heteroatoms. The highest BCUT2D eigenvalue weighted by atomic mass is 127. The molecule has 0 aliphatic rings. The van der Waals surface area contributed by atoms with Crippen molar-refractivity contribution in [1.29, 1.82) is 0 Å². The van der Waals surface area contributed by atoms with E-state index in [0.717, 1.165) is 14.8 Å². The van der Waals surface area contributed by atoms with E-state index in [4.69, 9.17) is 17.4 Å². The molecule has 3 N–H and O–H groups in total. The quantitative estimate of drug-likeness (QED) is 0.496. The molecule has 0 amide bonds. The molecule has 1 unspecified atom stereocenters. The van der Waals surface area contributed by atoms with Gasteiger partial charge in [0.15, 0.2) is 0 Å². The van der Waals surface area contributed by atoms with Crippen LogP contribution in [0.5, 0.6) is 0 Å². The van der Waals surface area contributed by atoms with Gasteiger partial charge >= 0.3 is 0 Å².